The third-order valence-electron chi connectivity index (χ3n) is 2.66. The Kier molecular flexibility index (Phi) is 4.00. The van der Waals surface area contributed by atoms with E-state index in [0.29, 0.717) is 11.1 Å². The molecule has 0 spiro atoms. The number of nitrogens with zero attached hydrogens (tertiary/aromatic N) is 1. The van der Waals surface area contributed by atoms with Gasteiger partial charge in [-0.15, -0.1) is 0 Å². The van der Waals surface area contributed by atoms with Gasteiger partial charge >= 0.3 is 0 Å². The molecule has 0 saturated carbocycles. The number of amides is 1. The van der Waals surface area contributed by atoms with Crippen molar-refractivity contribution in [1.29, 1.82) is 0 Å². The van der Waals surface area contributed by atoms with E-state index < -0.39 is 0 Å². The van der Waals surface area contributed by atoms with E-state index in [4.69, 9.17) is 5.11 Å². The summed E-state index contributed by atoms with van der Waals surface area (Å²) in [6, 6.07) is 11.2. The largest absolute Gasteiger partial charge is 0.508 e. The van der Waals surface area contributed by atoms with E-state index in [2.05, 4.69) is 10.5 Å². The number of benzene rings is 2. The van der Waals surface area contributed by atoms with Crippen LogP contribution in [0.3, 0.4) is 0 Å². The van der Waals surface area contributed by atoms with E-state index in [9.17, 15) is 9.90 Å². The van der Waals surface area contributed by atoms with Gasteiger partial charge in [-0.05, 0) is 31.2 Å². The van der Waals surface area contributed by atoms with Crippen LogP contribution in [0.5, 0.6) is 11.5 Å². The lowest BCUT2D eigenvalue weighted by Crippen LogP contribution is -2.17. The summed E-state index contributed by atoms with van der Waals surface area (Å²) in [4.78, 5) is 11.8. The molecule has 0 saturated heterocycles. The second kappa shape index (κ2) is 5.88. The molecular formula is C15H14N2O3. The van der Waals surface area contributed by atoms with Crippen molar-refractivity contribution in [1.82, 2.24) is 5.43 Å². The van der Waals surface area contributed by atoms with Gasteiger partial charge in [0.15, 0.2) is 0 Å². The molecule has 2 aromatic rings. The lowest BCUT2D eigenvalue weighted by Gasteiger charge is -2.01. The Morgan fingerprint density at radius 3 is 2.70 bits per heavy atom. The first kappa shape index (κ1) is 13.6. The lowest BCUT2D eigenvalue weighted by molar-refractivity contribution is 0.0955. The summed E-state index contributed by atoms with van der Waals surface area (Å²) in [5, 5.41) is 22.5. The minimum absolute atomic E-state index is 0.0385. The third kappa shape index (κ3) is 3.35. The number of hydrazone groups is 1. The fourth-order valence-corrected chi connectivity index (χ4v) is 1.65. The summed E-state index contributed by atoms with van der Waals surface area (Å²) in [6.07, 6.45) is 1.31. The van der Waals surface area contributed by atoms with Crippen molar-refractivity contribution < 1.29 is 15.0 Å². The van der Waals surface area contributed by atoms with Gasteiger partial charge in [0.2, 0.25) is 0 Å². The number of carbonyl (C=O) groups is 1. The normalized spacial score (nSPS) is 10.7. The number of hydrogen-bond donors (Lipinski definition) is 3. The molecule has 0 aliphatic heterocycles. The number of nitrogens with one attached hydrogen (secondary N) is 1. The molecule has 5 nitrogen and oxygen atoms in total. The molecule has 102 valence electrons. The summed E-state index contributed by atoms with van der Waals surface area (Å²) >= 11 is 0. The highest BCUT2D eigenvalue weighted by atomic mass is 16.3. The zero-order valence-corrected chi connectivity index (χ0v) is 10.9. The first-order valence-electron chi connectivity index (χ1n) is 5.98. The maximum absolute atomic E-state index is 11.8. The average Bonchev–Trinajstić information content (AvgIpc) is 2.41. The Bertz CT molecular complexity index is 666. The summed E-state index contributed by atoms with van der Waals surface area (Å²) < 4.78 is 0. The highest BCUT2D eigenvalue weighted by molar-refractivity contribution is 5.95. The first-order chi connectivity index (χ1) is 9.56. The lowest BCUT2D eigenvalue weighted by atomic mass is 10.1. The van der Waals surface area contributed by atoms with Crippen molar-refractivity contribution in [2.24, 2.45) is 5.10 Å². The van der Waals surface area contributed by atoms with Crippen LogP contribution in [0.4, 0.5) is 0 Å². The Balaban J connectivity index is 2.04. The van der Waals surface area contributed by atoms with E-state index in [1.807, 2.05) is 13.0 Å². The number of carbonyl (C=O) groups excluding carboxylic acids is 1. The number of phenols is 2. The van der Waals surface area contributed by atoms with Crippen LogP contribution in [-0.4, -0.2) is 22.3 Å². The fourth-order valence-electron chi connectivity index (χ4n) is 1.65. The zero-order valence-electron chi connectivity index (χ0n) is 10.9. The standard InChI is InChI=1S/C15H14N2O3/c1-10-3-2-4-11(7-10)15(20)17-16-9-12-5-6-13(18)8-14(12)19/h2-9,18-19H,1H3,(H,17,20)/b16-9+. The molecule has 0 unspecified atom stereocenters. The van der Waals surface area contributed by atoms with E-state index in [1.165, 1.54) is 24.4 Å². The average molecular weight is 270 g/mol. The molecule has 0 fully saturated rings. The van der Waals surface area contributed by atoms with Crippen LogP contribution in [0.2, 0.25) is 0 Å². The minimum atomic E-state index is -0.330. The van der Waals surface area contributed by atoms with Gasteiger partial charge in [-0.25, -0.2) is 5.43 Å². The number of aromatic hydroxyl groups is 2. The highest BCUT2D eigenvalue weighted by Crippen LogP contribution is 2.20. The predicted molar refractivity (Wildman–Crippen MR) is 76.0 cm³/mol. The fraction of sp³-hybridized carbons (Fsp3) is 0.0667. The Labute approximate surface area is 116 Å². The summed E-state index contributed by atoms with van der Waals surface area (Å²) in [7, 11) is 0. The van der Waals surface area contributed by atoms with Crippen molar-refractivity contribution in [3.8, 4) is 11.5 Å². The topological polar surface area (TPSA) is 81.9 Å². The molecule has 0 aromatic heterocycles. The van der Waals surface area contributed by atoms with Crippen molar-refractivity contribution in [2.45, 2.75) is 6.92 Å². The highest BCUT2D eigenvalue weighted by Gasteiger charge is 2.04. The quantitative estimate of drug-likeness (QED) is 0.590. The molecule has 2 aromatic carbocycles. The molecule has 0 radical (unpaired) electrons. The third-order valence-corrected chi connectivity index (χ3v) is 2.66. The summed E-state index contributed by atoms with van der Waals surface area (Å²) in [5.41, 5.74) is 4.26. The SMILES string of the molecule is Cc1cccc(C(=O)N/N=C/c2ccc(O)cc2O)c1. The van der Waals surface area contributed by atoms with Crippen molar-refractivity contribution >= 4 is 12.1 Å². The molecule has 0 aliphatic carbocycles. The number of hydrogen-bond acceptors (Lipinski definition) is 4. The second-order valence-electron chi connectivity index (χ2n) is 4.31. The maximum atomic E-state index is 11.8. The van der Waals surface area contributed by atoms with Gasteiger partial charge in [0.1, 0.15) is 11.5 Å². The van der Waals surface area contributed by atoms with E-state index in [1.54, 1.807) is 18.2 Å². The predicted octanol–water partition coefficient (Wildman–Crippen LogP) is 2.17. The summed E-state index contributed by atoms with van der Waals surface area (Å²) in [5.74, 6) is -0.481. The molecule has 0 atom stereocenters. The first-order valence-corrected chi connectivity index (χ1v) is 5.98. The molecule has 0 aliphatic rings. The monoisotopic (exact) mass is 270 g/mol. The zero-order chi connectivity index (χ0) is 14.5. The molecule has 2 rings (SSSR count). The summed E-state index contributed by atoms with van der Waals surface area (Å²) in [6.45, 7) is 1.90. The number of aryl methyl sites for hydroxylation is 1. The molecule has 3 N–H and O–H groups in total. The Morgan fingerprint density at radius 2 is 2.00 bits per heavy atom. The van der Waals surface area contributed by atoms with Crippen LogP contribution >= 0.6 is 0 Å². The number of phenolic OH excluding ortho intramolecular Hbond substituents is 2. The van der Waals surface area contributed by atoms with Gasteiger partial charge in [0, 0.05) is 17.2 Å². The number of rotatable bonds is 3. The van der Waals surface area contributed by atoms with E-state index >= 15 is 0 Å². The van der Waals surface area contributed by atoms with Gasteiger partial charge < -0.3 is 10.2 Å². The van der Waals surface area contributed by atoms with Crippen molar-refractivity contribution in [3.63, 3.8) is 0 Å². The van der Waals surface area contributed by atoms with Crippen LogP contribution in [0.1, 0.15) is 21.5 Å². The van der Waals surface area contributed by atoms with Crippen molar-refractivity contribution in [2.75, 3.05) is 0 Å². The Hall–Kier alpha value is -2.82. The van der Waals surface area contributed by atoms with Gasteiger partial charge in [0.05, 0.1) is 6.21 Å². The van der Waals surface area contributed by atoms with Gasteiger partial charge in [-0.2, -0.15) is 5.10 Å². The molecule has 0 heterocycles. The maximum Gasteiger partial charge on any atom is 0.271 e. The van der Waals surface area contributed by atoms with Crippen LogP contribution in [0.15, 0.2) is 47.6 Å². The van der Waals surface area contributed by atoms with Crippen LogP contribution in [0.25, 0.3) is 0 Å². The van der Waals surface area contributed by atoms with E-state index in [-0.39, 0.29) is 17.4 Å². The Morgan fingerprint density at radius 1 is 1.20 bits per heavy atom. The van der Waals surface area contributed by atoms with Crippen LogP contribution in [-0.2, 0) is 0 Å². The molecule has 20 heavy (non-hydrogen) atoms. The van der Waals surface area contributed by atoms with Crippen LogP contribution in [0, 0.1) is 6.92 Å². The molecule has 5 heteroatoms. The van der Waals surface area contributed by atoms with Gasteiger partial charge in [0.25, 0.3) is 5.91 Å². The van der Waals surface area contributed by atoms with Gasteiger partial charge in [-0.3, -0.25) is 4.79 Å². The smallest absolute Gasteiger partial charge is 0.271 e. The minimum Gasteiger partial charge on any atom is -0.508 e. The van der Waals surface area contributed by atoms with Gasteiger partial charge in [-0.1, -0.05) is 17.7 Å². The second-order valence-corrected chi connectivity index (χ2v) is 4.31. The van der Waals surface area contributed by atoms with E-state index in [0.717, 1.165) is 5.56 Å². The van der Waals surface area contributed by atoms with Crippen molar-refractivity contribution in [3.05, 3.63) is 59.2 Å². The molecule has 1 amide bonds. The van der Waals surface area contributed by atoms with Crippen LogP contribution < -0.4 is 5.43 Å². The molecule has 0 bridgehead atoms. The molecular weight excluding hydrogens is 256 g/mol.